The monoisotopic (exact) mass is 226 g/mol. The molecule has 0 amide bonds. The number of esters is 1. The molecule has 0 saturated heterocycles. The Bertz CT molecular complexity index is 317. The van der Waals surface area contributed by atoms with Gasteiger partial charge in [0.15, 0.2) is 0 Å². The van der Waals surface area contributed by atoms with Gasteiger partial charge in [-0.3, -0.25) is 0 Å². The Balaban J connectivity index is 2.81. The van der Waals surface area contributed by atoms with Gasteiger partial charge >= 0.3 is 5.97 Å². The molecule has 1 heterocycles. The average molecular weight is 226 g/mol. The maximum Gasteiger partial charge on any atom is 0.348 e. The van der Waals surface area contributed by atoms with Crippen molar-refractivity contribution in [2.75, 3.05) is 6.61 Å². The second-order valence-corrected chi connectivity index (χ2v) is 4.53. The van der Waals surface area contributed by atoms with E-state index in [1.807, 2.05) is 18.4 Å². The SMILES string of the molecule is CCCC(C)c1ccsc1C(=O)OCC. The predicted octanol–water partition coefficient (Wildman–Crippen LogP) is 3.83. The van der Waals surface area contributed by atoms with E-state index in [0.29, 0.717) is 12.5 Å². The lowest BCUT2D eigenvalue weighted by molar-refractivity contribution is 0.0530. The summed E-state index contributed by atoms with van der Waals surface area (Å²) in [6.07, 6.45) is 2.25. The summed E-state index contributed by atoms with van der Waals surface area (Å²) < 4.78 is 5.03. The largest absolute Gasteiger partial charge is 0.462 e. The summed E-state index contributed by atoms with van der Waals surface area (Å²) in [5.41, 5.74) is 1.14. The van der Waals surface area contributed by atoms with E-state index < -0.39 is 0 Å². The van der Waals surface area contributed by atoms with Crippen molar-refractivity contribution in [1.82, 2.24) is 0 Å². The normalized spacial score (nSPS) is 12.5. The summed E-state index contributed by atoms with van der Waals surface area (Å²) in [5, 5.41) is 1.97. The van der Waals surface area contributed by atoms with E-state index in [2.05, 4.69) is 13.8 Å². The van der Waals surface area contributed by atoms with E-state index in [-0.39, 0.29) is 5.97 Å². The summed E-state index contributed by atoms with van der Waals surface area (Å²) in [7, 11) is 0. The molecular formula is C12H18O2S. The van der Waals surface area contributed by atoms with Gasteiger partial charge in [-0.2, -0.15) is 0 Å². The third kappa shape index (κ3) is 3.06. The van der Waals surface area contributed by atoms with Crippen molar-refractivity contribution in [2.24, 2.45) is 0 Å². The smallest absolute Gasteiger partial charge is 0.348 e. The molecule has 1 unspecified atom stereocenters. The highest BCUT2D eigenvalue weighted by molar-refractivity contribution is 7.12. The minimum Gasteiger partial charge on any atom is -0.462 e. The van der Waals surface area contributed by atoms with E-state index in [9.17, 15) is 4.79 Å². The average Bonchev–Trinajstić information content (AvgIpc) is 2.66. The number of carbonyl (C=O) groups is 1. The highest BCUT2D eigenvalue weighted by atomic mass is 32.1. The zero-order valence-corrected chi connectivity index (χ0v) is 10.4. The van der Waals surface area contributed by atoms with Crippen molar-refractivity contribution in [2.45, 2.75) is 39.5 Å². The van der Waals surface area contributed by atoms with Gasteiger partial charge < -0.3 is 4.74 Å². The third-order valence-corrected chi connectivity index (χ3v) is 3.32. The van der Waals surface area contributed by atoms with Crippen LogP contribution in [0.3, 0.4) is 0 Å². The molecule has 0 aliphatic rings. The minimum atomic E-state index is -0.176. The first kappa shape index (κ1) is 12.2. The molecule has 0 spiro atoms. The standard InChI is InChI=1S/C12H18O2S/c1-4-6-9(3)10-7-8-15-11(10)12(13)14-5-2/h7-9H,4-6H2,1-3H3. The lowest BCUT2D eigenvalue weighted by Gasteiger charge is -2.10. The molecule has 0 radical (unpaired) electrons. The van der Waals surface area contributed by atoms with Crippen LogP contribution in [0.1, 0.15) is 54.8 Å². The Labute approximate surface area is 95.3 Å². The van der Waals surface area contributed by atoms with Gasteiger partial charge in [-0.15, -0.1) is 11.3 Å². The van der Waals surface area contributed by atoms with Gasteiger partial charge in [0.05, 0.1) is 6.61 Å². The van der Waals surface area contributed by atoms with Crippen LogP contribution in [0, 0.1) is 0 Å². The molecule has 0 N–H and O–H groups in total. The van der Waals surface area contributed by atoms with Crippen molar-refractivity contribution < 1.29 is 9.53 Å². The maximum atomic E-state index is 11.6. The van der Waals surface area contributed by atoms with E-state index in [0.717, 1.165) is 23.3 Å². The second-order valence-electron chi connectivity index (χ2n) is 3.62. The van der Waals surface area contributed by atoms with Gasteiger partial charge in [-0.05, 0) is 36.3 Å². The van der Waals surface area contributed by atoms with Crippen molar-refractivity contribution in [1.29, 1.82) is 0 Å². The van der Waals surface area contributed by atoms with E-state index >= 15 is 0 Å². The number of rotatable bonds is 5. The molecule has 1 rings (SSSR count). The number of hydrogen-bond acceptors (Lipinski definition) is 3. The first-order valence-corrected chi connectivity index (χ1v) is 6.33. The highest BCUT2D eigenvalue weighted by Crippen LogP contribution is 2.28. The zero-order chi connectivity index (χ0) is 11.3. The fraction of sp³-hybridized carbons (Fsp3) is 0.583. The van der Waals surface area contributed by atoms with E-state index in [1.165, 1.54) is 11.3 Å². The molecule has 3 heteroatoms. The number of carbonyl (C=O) groups excluding carboxylic acids is 1. The van der Waals surface area contributed by atoms with Crippen LogP contribution in [0.4, 0.5) is 0 Å². The van der Waals surface area contributed by atoms with Crippen molar-refractivity contribution in [3.63, 3.8) is 0 Å². The van der Waals surface area contributed by atoms with Crippen LogP contribution in [0.5, 0.6) is 0 Å². The highest BCUT2D eigenvalue weighted by Gasteiger charge is 2.17. The maximum absolute atomic E-state index is 11.6. The van der Waals surface area contributed by atoms with E-state index in [1.54, 1.807) is 0 Å². The van der Waals surface area contributed by atoms with Gasteiger partial charge in [0.1, 0.15) is 4.88 Å². The lowest BCUT2D eigenvalue weighted by Crippen LogP contribution is -2.06. The molecule has 0 fully saturated rings. The fourth-order valence-corrected chi connectivity index (χ4v) is 2.57. The number of ether oxygens (including phenoxy) is 1. The third-order valence-electron chi connectivity index (χ3n) is 2.41. The summed E-state index contributed by atoms with van der Waals surface area (Å²) in [4.78, 5) is 12.4. The van der Waals surface area contributed by atoms with Crippen LogP contribution in [-0.4, -0.2) is 12.6 Å². The Hall–Kier alpha value is -0.830. The molecule has 0 aromatic carbocycles. The van der Waals surface area contributed by atoms with Crippen LogP contribution in [-0.2, 0) is 4.74 Å². The first-order chi connectivity index (χ1) is 7.20. The predicted molar refractivity (Wildman–Crippen MR) is 63.6 cm³/mol. The van der Waals surface area contributed by atoms with Crippen LogP contribution in [0.25, 0.3) is 0 Å². The molecule has 1 atom stereocenters. The summed E-state index contributed by atoms with van der Waals surface area (Å²) in [6, 6.07) is 2.04. The molecule has 84 valence electrons. The van der Waals surface area contributed by atoms with Crippen LogP contribution >= 0.6 is 11.3 Å². The summed E-state index contributed by atoms with van der Waals surface area (Å²) >= 11 is 1.48. The molecule has 0 saturated carbocycles. The van der Waals surface area contributed by atoms with E-state index in [4.69, 9.17) is 4.74 Å². The van der Waals surface area contributed by atoms with Crippen LogP contribution in [0.2, 0.25) is 0 Å². The van der Waals surface area contributed by atoms with Crippen molar-refractivity contribution >= 4 is 17.3 Å². The van der Waals surface area contributed by atoms with Crippen molar-refractivity contribution in [3.05, 3.63) is 21.9 Å². The van der Waals surface area contributed by atoms with Crippen LogP contribution < -0.4 is 0 Å². The van der Waals surface area contributed by atoms with Gasteiger partial charge in [-0.25, -0.2) is 4.79 Å². The van der Waals surface area contributed by atoms with Crippen LogP contribution in [0.15, 0.2) is 11.4 Å². The molecule has 0 bridgehead atoms. The molecule has 1 aromatic heterocycles. The number of thiophene rings is 1. The molecule has 0 aliphatic carbocycles. The van der Waals surface area contributed by atoms with Crippen molar-refractivity contribution in [3.8, 4) is 0 Å². The molecule has 1 aromatic rings. The molecule has 0 aliphatic heterocycles. The Morgan fingerprint density at radius 2 is 2.27 bits per heavy atom. The number of hydrogen-bond donors (Lipinski definition) is 0. The first-order valence-electron chi connectivity index (χ1n) is 5.45. The van der Waals surface area contributed by atoms with Gasteiger partial charge in [-0.1, -0.05) is 20.3 Å². The van der Waals surface area contributed by atoms with Gasteiger partial charge in [0, 0.05) is 0 Å². The zero-order valence-electron chi connectivity index (χ0n) is 9.58. The Morgan fingerprint density at radius 1 is 1.53 bits per heavy atom. The molecule has 15 heavy (non-hydrogen) atoms. The summed E-state index contributed by atoms with van der Waals surface area (Å²) in [5.74, 6) is 0.270. The Kier molecular flexibility index (Phi) is 4.82. The second kappa shape index (κ2) is 5.91. The molecule has 2 nitrogen and oxygen atoms in total. The van der Waals surface area contributed by atoms with Gasteiger partial charge in [0.2, 0.25) is 0 Å². The minimum absolute atomic E-state index is 0.176. The summed E-state index contributed by atoms with van der Waals surface area (Å²) in [6.45, 7) is 6.60. The van der Waals surface area contributed by atoms with Gasteiger partial charge in [0.25, 0.3) is 0 Å². The Morgan fingerprint density at radius 3 is 2.87 bits per heavy atom. The topological polar surface area (TPSA) is 26.3 Å². The lowest BCUT2D eigenvalue weighted by atomic mass is 9.97. The quantitative estimate of drug-likeness (QED) is 0.713. The molecular weight excluding hydrogens is 208 g/mol. The fourth-order valence-electron chi connectivity index (χ4n) is 1.66.